The highest BCUT2D eigenvalue weighted by Gasteiger charge is 2.18. The molecule has 0 saturated carbocycles. The molecule has 172 valence electrons. The van der Waals surface area contributed by atoms with Crippen molar-refractivity contribution in [3.05, 3.63) is 42.1 Å². The second-order valence-electron chi connectivity index (χ2n) is 8.58. The Morgan fingerprint density at radius 2 is 1.94 bits per heavy atom. The van der Waals surface area contributed by atoms with Gasteiger partial charge in [-0.1, -0.05) is 32.0 Å². The minimum absolute atomic E-state index is 0.0397. The van der Waals surface area contributed by atoms with E-state index in [9.17, 15) is 0 Å². The Bertz CT molecular complexity index is 1020. The normalized spacial score (nSPS) is 12.9. The summed E-state index contributed by atoms with van der Waals surface area (Å²) in [6.07, 6.45) is 5.48. The van der Waals surface area contributed by atoms with Crippen LogP contribution < -0.4 is 15.5 Å². The van der Waals surface area contributed by atoms with Crippen molar-refractivity contribution in [3.8, 4) is 6.01 Å². The van der Waals surface area contributed by atoms with Gasteiger partial charge >= 0.3 is 6.01 Å². The van der Waals surface area contributed by atoms with E-state index >= 15 is 0 Å². The number of nitrogens with zero attached hydrogens (tertiary/aromatic N) is 3. The molecule has 2 heterocycles. The van der Waals surface area contributed by atoms with Crippen LogP contribution in [0.5, 0.6) is 6.01 Å². The predicted octanol–water partition coefficient (Wildman–Crippen LogP) is 5.20. The summed E-state index contributed by atoms with van der Waals surface area (Å²) in [7, 11) is 0. The van der Waals surface area contributed by atoms with Gasteiger partial charge in [0.2, 0.25) is 0 Å². The summed E-state index contributed by atoms with van der Waals surface area (Å²) in [6, 6.07) is 10.2. The molecule has 0 fully saturated rings. The molecular formula is C24H34N6O2. The SMILES string of the molecule is CCCNc1cc(N/N=C/c2c[nH]c3ccccc23)nc(OCC(CC)OC(C)(C)C)n1. The molecule has 1 aromatic carbocycles. The number of aromatic amines is 1. The van der Waals surface area contributed by atoms with E-state index in [1.807, 2.05) is 51.2 Å². The van der Waals surface area contributed by atoms with Gasteiger partial charge in [0, 0.05) is 35.3 Å². The Kier molecular flexibility index (Phi) is 8.05. The summed E-state index contributed by atoms with van der Waals surface area (Å²) in [4.78, 5) is 12.2. The Morgan fingerprint density at radius 3 is 2.69 bits per heavy atom. The monoisotopic (exact) mass is 438 g/mol. The standard InChI is InChI=1S/C24H34N6O2/c1-6-12-25-21-13-22(29-23(28-21)31-16-18(7-2)32-24(3,4)5)30-27-15-17-14-26-20-11-9-8-10-19(17)20/h8-11,13-15,18,26H,6-7,12,16H2,1-5H3,(H2,25,28,29,30)/b27-15+. The molecule has 0 aliphatic carbocycles. The molecule has 0 aliphatic rings. The molecule has 1 atom stereocenters. The molecule has 2 aromatic heterocycles. The van der Waals surface area contributed by atoms with Crippen LogP contribution in [0.25, 0.3) is 10.9 Å². The topological polar surface area (TPSA) is 96.5 Å². The lowest BCUT2D eigenvalue weighted by molar-refractivity contribution is -0.0778. The van der Waals surface area contributed by atoms with E-state index in [-0.39, 0.29) is 17.7 Å². The first-order valence-corrected chi connectivity index (χ1v) is 11.2. The minimum Gasteiger partial charge on any atom is -0.461 e. The fourth-order valence-electron chi connectivity index (χ4n) is 3.16. The van der Waals surface area contributed by atoms with Crippen molar-refractivity contribution >= 4 is 28.8 Å². The third-order valence-corrected chi connectivity index (χ3v) is 4.64. The van der Waals surface area contributed by atoms with Gasteiger partial charge < -0.3 is 19.8 Å². The number of hydrogen-bond donors (Lipinski definition) is 3. The van der Waals surface area contributed by atoms with Gasteiger partial charge in [0.05, 0.1) is 17.9 Å². The van der Waals surface area contributed by atoms with Crippen LogP contribution in [0.1, 0.15) is 53.0 Å². The third-order valence-electron chi connectivity index (χ3n) is 4.64. The number of fused-ring (bicyclic) bond motifs is 1. The zero-order valence-electron chi connectivity index (χ0n) is 19.6. The van der Waals surface area contributed by atoms with Crippen molar-refractivity contribution < 1.29 is 9.47 Å². The molecule has 8 nitrogen and oxygen atoms in total. The molecule has 0 saturated heterocycles. The number of nitrogens with one attached hydrogen (secondary N) is 3. The third kappa shape index (κ3) is 6.95. The number of aromatic nitrogens is 3. The Hall–Kier alpha value is -3.13. The van der Waals surface area contributed by atoms with Gasteiger partial charge in [-0.05, 0) is 39.7 Å². The Morgan fingerprint density at radius 1 is 1.16 bits per heavy atom. The lowest BCUT2D eigenvalue weighted by Gasteiger charge is -2.26. The Balaban J connectivity index is 1.71. The second kappa shape index (κ2) is 10.9. The molecule has 0 bridgehead atoms. The summed E-state index contributed by atoms with van der Waals surface area (Å²) >= 11 is 0. The van der Waals surface area contributed by atoms with E-state index in [1.54, 1.807) is 6.21 Å². The lowest BCUT2D eigenvalue weighted by atomic mass is 10.1. The number of anilines is 2. The predicted molar refractivity (Wildman–Crippen MR) is 131 cm³/mol. The Labute approximate surface area is 189 Å². The van der Waals surface area contributed by atoms with Crippen LogP contribution in [0.2, 0.25) is 0 Å². The van der Waals surface area contributed by atoms with Gasteiger partial charge in [0.25, 0.3) is 0 Å². The first-order valence-electron chi connectivity index (χ1n) is 11.2. The molecule has 0 amide bonds. The fourth-order valence-corrected chi connectivity index (χ4v) is 3.16. The summed E-state index contributed by atoms with van der Waals surface area (Å²) in [5.74, 6) is 1.24. The lowest BCUT2D eigenvalue weighted by Crippen LogP contribution is -2.31. The minimum atomic E-state index is -0.237. The van der Waals surface area contributed by atoms with Crippen LogP contribution in [0.4, 0.5) is 11.6 Å². The van der Waals surface area contributed by atoms with Gasteiger partial charge in [0.15, 0.2) is 5.82 Å². The molecular weight excluding hydrogens is 404 g/mol. The van der Waals surface area contributed by atoms with Crippen LogP contribution in [0.15, 0.2) is 41.6 Å². The van der Waals surface area contributed by atoms with E-state index in [0.717, 1.165) is 35.9 Å². The van der Waals surface area contributed by atoms with Crippen molar-refractivity contribution in [2.75, 3.05) is 23.9 Å². The number of ether oxygens (including phenoxy) is 2. The maximum atomic E-state index is 6.04. The summed E-state index contributed by atoms with van der Waals surface area (Å²) in [5.41, 5.74) is 4.82. The van der Waals surface area contributed by atoms with Crippen molar-refractivity contribution in [1.82, 2.24) is 15.0 Å². The smallest absolute Gasteiger partial charge is 0.320 e. The number of para-hydroxylation sites is 1. The van der Waals surface area contributed by atoms with Gasteiger partial charge in [0.1, 0.15) is 12.4 Å². The van der Waals surface area contributed by atoms with E-state index in [2.05, 4.69) is 50.7 Å². The van der Waals surface area contributed by atoms with Crippen LogP contribution in [0, 0.1) is 0 Å². The molecule has 3 aromatic rings. The van der Waals surface area contributed by atoms with Gasteiger partial charge in [-0.15, -0.1) is 0 Å². The van der Waals surface area contributed by atoms with E-state index in [1.165, 1.54) is 0 Å². The van der Waals surface area contributed by atoms with Gasteiger partial charge in [-0.2, -0.15) is 15.1 Å². The van der Waals surface area contributed by atoms with Crippen LogP contribution in [-0.4, -0.2) is 46.0 Å². The fraction of sp³-hybridized carbons (Fsp3) is 0.458. The number of H-pyrrole nitrogens is 1. The second-order valence-corrected chi connectivity index (χ2v) is 8.58. The number of rotatable bonds is 11. The largest absolute Gasteiger partial charge is 0.461 e. The molecule has 32 heavy (non-hydrogen) atoms. The highest BCUT2D eigenvalue weighted by Crippen LogP contribution is 2.19. The van der Waals surface area contributed by atoms with Crippen LogP contribution >= 0.6 is 0 Å². The average molecular weight is 439 g/mol. The maximum Gasteiger partial charge on any atom is 0.320 e. The average Bonchev–Trinajstić information content (AvgIpc) is 3.17. The zero-order chi connectivity index (χ0) is 23.0. The van der Waals surface area contributed by atoms with Crippen LogP contribution in [0.3, 0.4) is 0 Å². The highest BCUT2D eigenvalue weighted by molar-refractivity contribution is 5.99. The summed E-state index contributed by atoms with van der Waals surface area (Å²) < 4.78 is 11.9. The van der Waals surface area contributed by atoms with E-state index in [4.69, 9.17) is 9.47 Å². The first kappa shape index (κ1) is 23.5. The molecule has 0 radical (unpaired) electrons. The highest BCUT2D eigenvalue weighted by atomic mass is 16.6. The molecule has 3 rings (SSSR count). The van der Waals surface area contributed by atoms with Gasteiger partial charge in [-0.3, -0.25) is 5.43 Å². The number of benzene rings is 1. The molecule has 1 unspecified atom stereocenters. The maximum absolute atomic E-state index is 6.04. The van der Waals surface area contributed by atoms with Crippen molar-refractivity contribution in [2.45, 2.75) is 59.2 Å². The molecule has 0 aliphatic heterocycles. The number of hydrogen-bond acceptors (Lipinski definition) is 7. The first-order chi connectivity index (χ1) is 15.4. The van der Waals surface area contributed by atoms with Crippen LogP contribution in [-0.2, 0) is 4.74 Å². The molecule has 3 N–H and O–H groups in total. The van der Waals surface area contributed by atoms with E-state index < -0.39 is 0 Å². The summed E-state index contributed by atoms with van der Waals surface area (Å²) in [6.45, 7) is 11.5. The zero-order valence-corrected chi connectivity index (χ0v) is 19.6. The quantitative estimate of drug-likeness (QED) is 0.281. The molecule has 0 spiro atoms. The van der Waals surface area contributed by atoms with E-state index in [0.29, 0.717) is 18.2 Å². The molecule has 8 heteroatoms. The van der Waals surface area contributed by atoms with Crippen molar-refractivity contribution in [2.24, 2.45) is 5.10 Å². The van der Waals surface area contributed by atoms with Crippen molar-refractivity contribution in [3.63, 3.8) is 0 Å². The van der Waals surface area contributed by atoms with Crippen molar-refractivity contribution in [1.29, 1.82) is 0 Å². The number of hydrazone groups is 1. The summed E-state index contributed by atoms with van der Waals surface area (Å²) in [5, 5.41) is 8.76. The van der Waals surface area contributed by atoms with Gasteiger partial charge in [-0.25, -0.2) is 0 Å².